The Labute approximate surface area is 77.6 Å². The molecule has 0 saturated carbocycles. The Hall–Kier alpha value is -2.11. The molecule has 0 saturated heterocycles. The van der Waals surface area contributed by atoms with Gasteiger partial charge >= 0.3 is 5.97 Å². The second-order valence-electron chi connectivity index (χ2n) is 2.92. The number of aromatic amines is 2. The number of nitrogens with one attached hydrogen (secondary N) is 2. The molecule has 14 heavy (non-hydrogen) atoms. The fraction of sp³-hybridized carbons (Fsp3) is 0.125. The van der Waals surface area contributed by atoms with E-state index in [-0.39, 0.29) is 11.2 Å². The fourth-order valence-corrected chi connectivity index (χ4v) is 1.37. The maximum absolute atomic E-state index is 11.0. The minimum absolute atomic E-state index is 0.0324. The van der Waals surface area contributed by atoms with Gasteiger partial charge in [0.1, 0.15) is 0 Å². The summed E-state index contributed by atoms with van der Waals surface area (Å²) in [5, 5.41) is 15.7. The summed E-state index contributed by atoms with van der Waals surface area (Å²) < 4.78 is 0. The normalized spacial score (nSPS) is 10.6. The van der Waals surface area contributed by atoms with Gasteiger partial charge in [-0.2, -0.15) is 5.10 Å². The van der Waals surface area contributed by atoms with E-state index in [4.69, 9.17) is 5.11 Å². The molecule has 0 aliphatic heterocycles. The lowest BCUT2D eigenvalue weighted by Crippen LogP contribution is -2.09. The minimum Gasteiger partial charge on any atom is -0.478 e. The second kappa shape index (κ2) is 2.69. The number of aryl methyl sites for hydroxylation is 1. The van der Waals surface area contributed by atoms with Crippen molar-refractivity contribution in [1.29, 1.82) is 0 Å². The standard InChI is InChI=1S/C8H7N3O3/c1-3-6-4(8(13)14)2-5(12)9-7(6)11-10-3/h2H,1H3,(H,13,14)(H2,9,10,11,12). The highest BCUT2D eigenvalue weighted by Gasteiger charge is 2.14. The van der Waals surface area contributed by atoms with Gasteiger partial charge in [0, 0.05) is 11.8 Å². The number of carboxylic acids is 1. The Bertz CT molecular complexity index is 567. The van der Waals surface area contributed by atoms with E-state index in [2.05, 4.69) is 15.2 Å². The predicted molar refractivity (Wildman–Crippen MR) is 48.4 cm³/mol. The summed E-state index contributed by atoms with van der Waals surface area (Å²) in [4.78, 5) is 24.3. The maximum Gasteiger partial charge on any atom is 0.336 e. The Morgan fingerprint density at radius 3 is 2.93 bits per heavy atom. The molecule has 2 rings (SSSR count). The third kappa shape index (κ3) is 1.08. The monoisotopic (exact) mass is 193 g/mol. The highest BCUT2D eigenvalue weighted by Crippen LogP contribution is 2.16. The topological polar surface area (TPSA) is 98.8 Å². The van der Waals surface area contributed by atoms with Crippen molar-refractivity contribution >= 4 is 17.0 Å². The number of rotatable bonds is 1. The van der Waals surface area contributed by atoms with Gasteiger partial charge in [0.2, 0.25) is 5.56 Å². The third-order valence-electron chi connectivity index (χ3n) is 1.96. The Morgan fingerprint density at radius 2 is 2.29 bits per heavy atom. The van der Waals surface area contributed by atoms with E-state index < -0.39 is 11.5 Å². The highest BCUT2D eigenvalue weighted by molar-refractivity contribution is 6.02. The number of pyridine rings is 1. The second-order valence-corrected chi connectivity index (χ2v) is 2.92. The lowest BCUT2D eigenvalue weighted by Gasteiger charge is -1.95. The van der Waals surface area contributed by atoms with Crippen molar-refractivity contribution in [3.05, 3.63) is 27.7 Å². The first-order valence-electron chi connectivity index (χ1n) is 3.91. The van der Waals surface area contributed by atoms with Gasteiger partial charge in [0.05, 0.1) is 10.9 Å². The molecule has 6 heteroatoms. The Kier molecular flexibility index (Phi) is 1.63. The van der Waals surface area contributed by atoms with E-state index >= 15 is 0 Å². The highest BCUT2D eigenvalue weighted by atomic mass is 16.4. The van der Waals surface area contributed by atoms with Crippen LogP contribution in [0.5, 0.6) is 0 Å². The van der Waals surface area contributed by atoms with Crippen molar-refractivity contribution in [3.8, 4) is 0 Å². The molecule has 0 amide bonds. The van der Waals surface area contributed by atoms with Crippen LogP contribution in [-0.2, 0) is 0 Å². The molecule has 2 aromatic heterocycles. The van der Waals surface area contributed by atoms with Crippen LogP contribution in [-0.4, -0.2) is 26.3 Å². The van der Waals surface area contributed by atoms with Crippen LogP contribution in [0, 0.1) is 6.92 Å². The molecule has 0 bridgehead atoms. The zero-order valence-electron chi connectivity index (χ0n) is 7.29. The van der Waals surface area contributed by atoms with Crippen LogP contribution in [0.2, 0.25) is 0 Å². The van der Waals surface area contributed by atoms with Crippen molar-refractivity contribution in [1.82, 2.24) is 15.2 Å². The molecule has 2 aromatic rings. The Morgan fingerprint density at radius 1 is 1.57 bits per heavy atom. The van der Waals surface area contributed by atoms with Crippen LogP contribution in [0.4, 0.5) is 0 Å². The minimum atomic E-state index is -1.13. The molecule has 2 heterocycles. The molecular formula is C8H7N3O3. The lowest BCUT2D eigenvalue weighted by atomic mass is 10.1. The van der Waals surface area contributed by atoms with E-state index in [1.165, 1.54) is 0 Å². The molecule has 0 aliphatic carbocycles. The van der Waals surface area contributed by atoms with Crippen molar-refractivity contribution in [3.63, 3.8) is 0 Å². The number of carboxylic acid groups (broad SMARTS) is 1. The van der Waals surface area contributed by atoms with Gasteiger partial charge < -0.3 is 10.1 Å². The SMILES string of the molecule is Cc1[nH]nc2[nH]c(=O)cc(C(=O)O)c12. The number of hydrogen-bond donors (Lipinski definition) is 3. The van der Waals surface area contributed by atoms with Crippen LogP contribution in [0.3, 0.4) is 0 Å². The molecule has 0 radical (unpaired) electrons. The molecule has 72 valence electrons. The number of aromatic nitrogens is 3. The largest absolute Gasteiger partial charge is 0.478 e. The molecule has 3 N–H and O–H groups in total. The van der Waals surface area contributed by atoms with Gasteiger partial charge in [-0.3, -0.25) is 9.89 Å². The van der Waals surface area contributed by atoms with Crippen LogP contribution in [0.25, 0.3) is 11.0 Å². The fourth-order valence-electron chi connectivity index (χ4n) is 1.37. The summed E-state index contributed by atoms with van der Waals surface area (Å²) in [5.41, 5.74) is 0.387. The first kappa shape index (κ1) is 8.49. The van der Waals surface area contributed by atoms with Crippen LogP contribution in [0.1, 0.15) is 16.1 Å². The van der Waals surface area contributed by atoms with E-state index in [0.717, 1.165) is 6.07 Å². The molecule has 0 atom stereocenters. The molecule has 0 spiro atoms. The maximum atomic E-state index is 11.0. The van der Waals surface area contributed by atoms with Gasteiger partial charge in [0.15, 0.2) is 5.65 Å². The zero-order chi connectivity index (χ0) is 10.3. The number of carbonyl (C=O) groups is 1. The molecular weight excluding hydrogens is 186 g/mol. The average molecular weight is 193 g/mol. The lowest BCUT2D eigenvalue weighted by molar-refractivity contribution is 0.0698. The number of nitrogens with zero attached hydrogens (tertiary/aromatic N) is 1. The first-order valence-corrected chi connectivity index (χ1v) is 3.91. The van der Waals surface area contributed by atoms with Crippen LogP contribution >= 0.6 is 0 Å². The van der Waals surface area contributed by atoms with Gasteiger partial charge in [-0.25, -0.2) is 4.79 Å². The van der Waals surface area contributed by atoms with Crippen LogP contribution < -0.4 is 5.56 Å². The van der Waals surface area contributed by atoms with E-state index in [0.29, 0.717) is 11.1 Å². The van der Waals surface area contributed by atoms with Crippen molar-refractivity contribution in [2.45, 2.75) is 6.92 Å². The number of hydrogen-bond acceptors (Lipinski definition) is 3. The summed E-state index contributed by atoms with van der Waals surface area (Å²) in [6, 6.07) is 1.05. The molecule has 0 aliphatic rings. The van der Waals surface area contributed by atoms with Gasteiger partial charge in [0.25, 0.3) is 0 Å². The first-order chi connectivity index (χ1) is 6.59. The van der Waals surface area contributed by atoms with Crippen molar-refractivity contribution in [2.24, 2.45) is 0 Å². The van der Waals surface area contributed by atoms with E-state index in [1.54, 1.807) is 6.92 Å². The zero-order valence-corrected chi connectivity index (χ0v) is 7.29. The molecule has 0 unspecified atom stereocenters. The number of aromatic carboxylic acids is 1. The van der Waals surface area contributed by atoms with Gasteiger partial charge in [-0.05, 0) is 6.92 Å². The third-order valence-corrected chi connectivity index (χ3v) is 1.96. The summed E-state index contributed by atoms with van der Waals surface area (Å²) in [5.74, 6) is -1.13. The summed E-state index contributed by atoms with van der Waals surface area (Å²) in [7, 11) is 0. The average Bonchev–Trinajstić information content (AvgIpc) is 2.46. The quantitative estimate of drug-likeness (QED) is 0.604. The van der Waals surface area contributed by atoms with E-state index in [1.807, 2.05) is 0 Å². The summed E-state index contributed by atoms with van der Waals surface area (Å²) >= 11 is 0. The summed E-state index contributed by atoms with van der Waals surface area (Å²) in [6.45, 7) is 1.69. The van der Waals surface area contributed by atoms with Crippen LogP contribution in [0.15, 0.2) is 10.9 Å². The molecule has 0 aromatic carbocycles. The van der Waals surface area contributed by atoms with Gasteiger partial charge in [-0.15, -0.1) is 0 Å². The van der Waals surface area contributed by atoms with E-state index in [9.17, 15) is 9.59 Å². The number of H-pyrrole nitrogens is 2. The summed E-state index contributed by atoms with van der Waals surface area (Å²) in [6.07, 6.45) is 0. The molecule has 6 nitrogen and oxygen atoms in total. The predicted octanol–water partition coefficient (Wildman–Crippen LogP) is 0.258. The number of fused-ring (bicyclic) bond motifs is 1. The van der Waals surface area contributed by atoms with Crippen molar-refractivity contribution < 1.29 is 9.90 Å². The smallest absolute Gasteiger partial charge is 0.336 e. The van der Waals surface area contributed by atoms with Crippen molar-refractivity contribution in [2.75, 3.05) is 0 Å². The molecule has 0 fully saturated rings. The Balaban J connectivity index is 2.98. The van der Waals surface area contributed by atoms with Gasteiger partial charge in [-0.1, -0.05) is 0 Å².